The van der Waals surface area contributed by atoms with Crippen molar-refractivity contribution in [3.8, 4) is 0 Å². The molecule has 2 heterocycles. The van der Waals surface area contributed by atoms with Gasteiger partial charge in [0.15, 0.2) is 0 Å². The number of piperidine rings is 1. The lowest BCUT2D eigenvalue weighted by molar-refractivity contribution is -0.120. The van der Waals surface area contributed by atoms with Crippen LogP contribution in [-0.2, 0) is 11.3 Å². The van der Waals surface area contributed by atoms with Crippen molar-refractivity contribution < 1.29 is 9.59 Å². The number of nitrogens with one attached hydrogen (secondary N) is 2. The predicted octanol–water partition coefficient (Wildman–Crippen LogP) is 4.84. The fraction of sp³-hybridized carbons (Fsp3) is 0.267. The van der Waals surface area contributed by atoms with Gasteiger partial charge in [0.05, 0.1) is 0 Å². The van der Waals surface area contributed by atoms with E-state index in [9.17, 15) is 9.59 Å². The van der Waals surface area contributed by atoms with E-state index < -0.39 is 0 Å². The summed E-state index contributed by atoms with van der Waals surface area (Å²) in [7, 11) is 0. The maximum atomic E-state index is 13.5. The maximum absolute atomic E-state index is 13.5. The number of carbonyl (C=O) groups excluding carboxylic acids is 2. The van der Waals surface area contributed by atoms with E-state index in [0.29, 0.717) is 23.7 Å². The zero-order valence-corrected chi connectivity index (χ0v) is 20.4. The van der Waals surface area contributed by atoms with Crippen molar-refractivity contribution in [2.45, 2.75) is 19.4 Å². The van der Waals surface area contributed by atoms with Gasteiger partial charge in [0.1, 0.15) is 6.54 Å². The van der Waals surface area contributed by atoms with Gasteiger partial charge in [-0.1, -0.05) is 54.6 Å². The smallest absolute Gasteiger partial charge is 0.258 e. The molecule has 0 radical (unpaired) electrons. The highest BCUT2D eigenvalue weighted by Crippen LogP contribution is 2.21. The molecule has 4 aromatic rings. The second kappa shape index (κ2) is 11.2. The van der Waals surface area contributed by atoms with Gasteiger partial charge in [0, 0.05) is 36.1 Å². The van der Waals surface area contributed by atoms with Crippen molar-refractivity contribution in [1.29, 1.82) is 0 Å². The molecule has 2 amide bonds. The number of benzene rings is 3. The molecule has 1 fully saturated rings. The summed E-state index contributed by atoms with van der Waals surface area (Å²) < 4.78 is 0. The molecule has 5 rings (SSSR count). The molecule has 0 unspecified atom stereocenters. The van der Waals surface area contributed by atoms with Crippen LogP contribution < -0.4 is 10.2 Å². The third kappa shape index (κ3) is 5.83. The highest BCUT2D eigenvalue weighted by molar-refractivity contribution is 6.10. The van der Waals surface area contributed by atoms with Crippen molar-refractivity contribution in [2.24, 2.45) is 5.92 Å². The van der Waals surface area contributed by atoms with E-state index in [1.54, 1.807) is 4.90 Å². The molecular weight excluding hydrogens is 448 g/mol. The molecule has 6 heteroatoms. The molecule has 3 aromatic carbocycles. The fourth-order valence-corrected chi connectivity index (χ4v) is 4.87. The Balaban J connectivity index is 1.17. The molecule has 0 saturated carbocycles. The molecule has 1 aliphatic heterocycles. The van der Waals surface area contributed by atoms with Crippen LogP contribution in [0.5, 0.6) is 0 Å². The number of para-hydroxylation sites is 1. The third-order valence-electron chi connectivity index (χ3n) is 6.96. The first-order chi connectivity index (χ1) is 17.7. The molecule has 184 valence electrons. The molecule has 1 aliphatic rings. The summed E-state index contributed by atoms with van der Waals surface area (Å²) in [5, 5.41) is 4.14. The van der Waals surface area contributed by atoms with E-state index >= 15 is 0 Å². The Hall–Kier alpha value is -3.90. The lowest BCUT2D eigenvalue weighted by atomic mass is 9.96. The average Bonchev–Trinajstić information content (AvgIpc) is 3.40. The quantitative estimate of drug-likeness (QED) is 0.379. The van der Waals surface area contributed by atoms with E-state index in [1.165, 1.54) is 5.56 Å². The fourth-order valence-electron chi connectivity index (χ4n) is 4.87. The molecule has 36 heavy (non-hydrogen) atoms. The number of anilines is 1. The van der Waals surface area contributed by atoms with Gasteiger partial charge in [-0.2, -0.15) is 0 Å². The van der Waals surface area contributed by atoms with Crippen molar-refractivity contribution in [3.63, 3.8) is 0 Å². The van der Waals surface area contributed by atoms with Gasteiger partial charge in [-0.3, -0.25) is 19.4 Å². The minimum Gasteiger partial charge on any atom is -0.361 e. The normalized spacial score (nSPS) is 14.6. The monoisotopic (exact) mass is 480 g/mol. The standard InChI is InChI=1S/C30H32N4O2/c35-29(32-20-23-14-17-33(18-15-23)21-24-7-3-1-4-8-24)22-34(27-9-5-2-6-10-27)30(36)26-12-11-25-13-16-31-28(25)19-26/h1-13,16,19,23,31H,14-15,17-18,20-22H2,(H,32,35). The summed E-state index contributed by atoms with van der Waals surface area (Å²) in [6.07, 6.45) is 3.97. The molecular formula is C30H32N4O2. The van der Waals surface area contributed by atoms with Gasteiger partial charge in [0.25, 0.3) is 5.91 Å². The minimum absolute atomic E-state index is 0.0154. The highest BCUT2D eigenvalue weighted by atomic mass is 16.2. The van der Waals surface area contributed by atoms with Crippen LogP contribution in [0.15, 0.2) is 91.1 Å². The lowest BCUT2D eigenvalue weighted by Gasteiger charge is -2.32. The maximum Gasteiger partial charge on any atom is 0.258 e. The van der Waals surface area contributed by atoms with Gasteiger partial charge in [0.2, 0.25) is 5.91 Å². The van der Waals surface area contributed by atoms with E-state index in [0.717, 1.165) is 43.4 Å². The van der Waals surface area contributed by atoms with Gasteiger partial charge in [-0.25, -0.2) is 0 Å². The number of aromatic amines is 1. The zero-order valence-electron chi connectivity index (χ0n) is 20.4. The molecule has 0 spiro atoms. The molecule has 2 N–H and O–H groups in total. The SMILES string of the molecule is O=C(CN(C(=O)c1ccc2cc[nH]c2c1)c1ccccc1)NCC1CCN(Cc2ccccc2)CC1. The van der Waals surface area contributed by atoms with Crippen LogP contribution in [0.3, 0.4) is 0 Å². The number of hydrogen-bond donors (Lipinski definition) is 2. The minimum atomic E-state index is -0.193. The molecule has 1 aromatic heterocycles. The molecule has 1 saturated heterocycles. The first-order valence-corrected chi connectivity index (χ1v) is 12.6. The Morgan fingerprint density at radius 3 is 2.39 bits per heavy atom. The van der Waals surface area contributed by atoms with Gasteiger partial charge < -0.3 is 10.3 Å². The predicted molar refractivity (Wildman–Crippen MR) is 144 cm³/mol. The van der Waals surface area contributed by atoms with Crippen molar-refractivity contribution in [3.05, 3.63) is 102 Å². The summed E-state index contributed by atoms with van der Waals surface area (Å²) in [5.74, 6) is 0.124. The number of amides is 2. The Morgan fingerprint density at radius 2 is 1.64 bits per heavy atom. The first kappa shape index (κ1) is 23.8. The van der Waals surface area contributed by atoms with Crippen LogP contribution in [0.1, 0.15) is 28.8 Å². The van der Waals surface area contributed by atoms with Crippen molar-refractivity contribution in [2.75, 3.05) is 31.1 Å². The van der Waals surface area contributed by atoms with Gasteiger partial charge in [-0.15, -0.1) is 0 Å². The first-order valence-electron chi connectivity index (χ1n) is 12.6. The summed E-state index contributed by atoms with van der Waals surface area (Å²) in [5.41, 5.74) is 3.49. The number of aromatic nitrogens is 1. The molecule has 0 aliphatic carbocycles. The number of hydrogen-bond acceptors (Lipinski definition) is 3. The third-order valence-corrected chi connectivity index (χ3v) is 6.96. The van der Waals surface area contributed by atoms with Crippen LogP contribution in [0, 0.1) is 5.92 Å². The van der Waals surface area contributed by atoms with Gasteiger partial charge in [-0.05, 0) is 73.1 Å². The zero-order chi connectivity index (χ0) is 24.7. The molecule has 0 atom stereocenters. The Morgan fingerprint density at radius 1 is 0.917 bits per heavy atom. The summed E-state index contributed by atoms with van der Waals surface area (Å²) in [6.45, 7) is 3.67. The second-order valence-electron chi connectivity index (χ2n) is 9.52. The van der Waals surface area contributed by atoms with Crippen LogP contribution in [0.4, 0.5) is 5.69 Å². The van der Waals surface area contributed by atoms with E-state index in [1.807, 2.05) is 66.9 Å². The number of fused-ring (bicyclic) bond motifs is 1. The van der Waals surface area contributed by atoms with Crippen LogP contribution in [0.2, 0.25) is 0 Å². The Labute approximate surface area is 211 Å². The number of rotatable bonds is 8. The number of nitrogens with zero attached hydrogens (tertiary/aromatic N) is 2. The largest absolute Gasteiger partial charge is 0.361 e. The molecule has 6 nitrogen and oxygen atoms in total. The number of carbonyl (C=O) groups is 2. The average molecular weight is 481 g/mol. The Bertz CT molecular complexity index is 1290. The Kier molecular flexibility index (Phi) is 7.43. The summed E-state index contributed by atoms with van der Waals surface area (Å²) >= 11 is 0. The molecule has 0 bridgehead atoms. The summed E-state index contributed by atoms with van der Waals surface area (Å²) in [4.78, 5) is 33.6. The number of likely N-dealkylation sites (tertiary alicyclic amines) is 1. The van der Waals surface area contributed by atoms with Gasteiger partial charge >= 0.3 is 0 Å². The topological polar surface area (TPSA) is 68.4 Å². The van der Waals surface area contributed by atoms with E-state index in [2.05, 4.69) is 39.5 Å². The lowest BCUT2D eigenvalue weighted by Crippen LogP contribution is -2.43. The highest BCUT2D eigenvalue weighted by Gasteiger charge is 2.23. The van der Waals surface area contributed by atoms with Crippen LogP contribution in [-0.4, -0.2) is 47.9 Å². The van der Waals surface area contributed by atoms with Crippen molar-refractivity contribution >= 4 is 28.4 Å². The second-order valence-corrected chi connectivity index (χ2v) is 9.52. The number of H-pyrrole nitrogens is 1. The van der Waals surface area contributed by atoms with E-state index in [4.69, 9.17) is 0 Å². The van der Waals surface area contributed by atoms with Crippen molar-refractivity contribution in [1.82, 2.24) is 15.2 Å². The van der Waals surface area contributed by atoms with E-state index in [-0.39, 0.29) is 18.4 Å². The summed E-state index contributed by atoms with van der Waals surface area (Å²) in [6, 6.07) is 27.5. The van der Waals surface area contributed by atoms with Crippen LogP contribution >= 0.6 is 0 Å². The van der Waals surface area contributed by atoms with Crippen LogP contribution in [0.25, 0.3) is 10.9 Å².